The summed E-state index contributed by atoms with van der Waals surface area (Å²) in [5.41, 5.74) is -3.35. The molecule has 1 amide bonds. The average Bonchev–Trinajstić information content (AvgIpc) is 2.97. The molecule has 2 rings (SSSR count). The zero-order valence-corrected chi connectivity index (χ0v) is 12.3. The highest BCUT2D eigenvalue weighted by Gasteiger charge is 2.79. The minimum atomic E-state index is -2.10. The number of hydrogen-bond donors (Lipinski definition) is 3. The lowest BCUT2D eigenvalue weighted by Crippen LogP contribution is -2.37. The molecule has 0 spiro atoms. The lowest BCUT2D eigenvalue weighted by Gasteiger charge is -2.15. The van der Waals surface area contributed by atoms with Crippen molar-refractivity contribution < 1.29 is 24.6 Å². The summed E-state index contributed by atoms with van der Waals surface area (Å²) in [6.07, 6.45) is -0.273. The molecule has 21 heavy (non-hydrogen) atoms. The van der Waals surface area contributed by atoms with Crippen LogP contribution in [0, 0.1) is 10.8 Å². The number of benzene rings is 1. The van der Waals surface area contributed by atoms with E-state index in [1.54, 1.807) is 0 Å². The number of aliphatic carboxylic acids is 2. The van der Waals surface area contributed by atoms with E-state index in [1.807, 2.05) is 0 Å². The molecule has 0 heterocycles. The van der Waals surface area contributed by atoms with E-state index in [9.17, 15) is 14.4 Å². The Hall–Kier alpha value is -1.79. The Morgan fingerprint density at radius 1 is 1.10 bits per heavy atom. The third-order valence-electron chi connectivity index (χ3n) is 3.79. The molecular weight excluding hydrogens is 321 g/mol. The van der Waals surface area contributed by atoms with Crippen molar-refractivity contribution in [1.82, 2.24) is 0 Å². The first-order valence-corrected chi connectivity index (χ1v) is 6.63. The monoisotopic (exact) mass is 331 g/mol. The van der Waals surface area contributed by atoms with E-state index in [0.29, 0.717) is 10.0 Å². The Labute approximate surface area is 129 Å². The predicted octanol–water partition coefficient (Wildman–Crippen LogP) is 2.50. The number of carboxylic acid groups (broad SMARTS) is 2. The van der Waals surface area contributed by atoms with E-state index in [-0.39, 0.29) is 12.1 Å². The van der Waals surface area contributed by atoms with Crippen LogP contribution in [0.15, 0.2) is 18.2 Å². The van der Waals surface area contributed by atoms with Gasteiger partial charge in [-0.2, -0.15) is 0 Å². The molecule has 1 aromatic rings. The van der Waals surface area contributed by atoms with Crippen LogP contribution in [0.5, 0.6) is 0 Å². The second kappa shape index (κ2) is 4.89. The zero-order chi connectivity index (χ0) is 16.0. The van der Waals surface area contributed by atoms with Crippen molar-refractivity contribution in [3.05, 3.63) is 28.2 Å². The molecule has 0 aromatic heterocycles. The fourth-order valence-electron chi connectivity index (χ4n) is 2.37. The number of anilines is 1. The molecule has 1 aliphatic rings. The fraction of sp³-hybridized carbons (Fsp3) is 0.308. The van der Waals surface area contributed by atoms with Crippen LogP contribution in [0.4, 0.5) is 5.69 Å². The van der Waals surface area contributed by atoms with Crippen molar-refractivity contribution in [2.75, 3.05) is 5.32 Å². The lowest BCUT2D eigenvalue weighted by molar-refractivity contribution is -0.160. The molecule has 0 saturated heterocycles. The van der Waals surface area contributed by atoms with E-state index >= 15 is 0 Å². The van der Waals surface area contributed by atoms with Gasteiger partial charge in [0.15, 0.2) is 5.41 Å². The van der Waals surface area contributed by atoms with Crippen molar-refractivity contribution >= 4 is 46.7 Å². The van der Waals surface area contributed by atoms with Crippen molar-refractivity contribution in [3.63, 3.8) is 0 Å². The van der Waals surface area contributed by atoms with Gasteiger partial charge in [0.2, 0.25) is 5.91 Å². The summed E-state index contributed by atoms with van der Waals surface area (Å²) in [5.74, 6) is -3.76. The van der Waals surface area contributed by atoms with Crippen LogP contribution >= 0.6 is 23.2 Å². The number of halogens is 2. The number of nitrogens with one attached hydrogen (secondary N) is 1. The highest BCUT2D eigenvalue weighted by atomic mass is 35.5. The molecule has 1 saturated carbocycles. The molecule has 6 nitrogen and oxygen atoms in total. The van der Waals surface area contributed by atoms with Gasteiger partial charge in [-0.15, -0.1) is 0 Å². The first kappa shape index (κ1) is 15.6. The molecular formula is C13H11Cl2NO5. The molecule has 112 valence electrons. The smallest absolute Gasteiger partial charge is 0.322 e. The summed E-state index contributed by atoms with van der Waals surface area (Å²) >= 11 is 11.6. The van der Waals surface area contributed by atoms with E-state index in [0.717, 1.165) is 0 Å². The molecule has 1 atom stereocenters. The van der Waals surface area contributed by atoms with Gasteiger partial charge in [-0.25, -0.2) is 0 Å². The first-order chi connectivity index (χ1) is 9.63. The third kappa shape index (κ3) is 2.34. The molecule has 0 aliphatic heterocycles. The SMILES string of the molecule is CC1(C(=O)Nc2cc(Cl)cc(Cl)c2)CC1(C(=O)O)C(=O)O. The van der Waals surface area contributed by atoms with Crippen LogP contribution in [-0.4, -0.2) is 28.1 Å². The van der Waals surface area contributed by atoms with Crippen LogP contribution in [0.1, 0.15) is 13.3 Å². The first-order valence-electron chi connectivity index (χ1n) is 5.88. The molecule has 8 heteroatoms. The topological polar surface area (TPSA) is 104 Å². The van der Waals surface area contributed by atoms with E-state index in [4.69, 9.17) is 33.4 Å². The highest BCUT2D eigenvalue weighted by Crippen LogP contribution is 2.64. The molecule has 1 unspecified atom stereocenters. The van der Waals surface area contributed by atoms with Crippen LogP contribution in [0.3, 0.4) is 0 Å². The van der Waals surface area contributed by atoms with Crippen molar-refractivity contribution in [1.29, 1.82) is 0 Å². The van der Waals surface area contributed by atoms with Crippen LogP contribution < -0.4 is 5.32 Å². The Morgan fingerprint density at radius 2 is 1.57 bits per heavy atom. The highest BCUT2D eigenvalue weighted by molar-refractivity contribution is 6.35. The molecule has 0 radical (unpaired) electrons. The Bertz CT molecular complexity index is 626. The van der Waals surface area contributed by atoms with Crippen molar-refractivity contribution in [2.45, 2.75) is 13.3 Å². The standard InChI is InChI=1S/C13H11Cl2NO5/c1-12(5-13(12,10(18)19)11(20)21)9(17)16-8-3-6(14)2-7(15)4-8/h2-4H,5H2,1H3,(H,16,17)(H,18,19)(H,20,21). The molecule has 1 fully saturated rings. The summed E-state index contributed by atoms with van der Waals surface area (Å²) < 4.78 is 0. The van der Waals surface area contributed by atoms with Crippen LogP contribution in [0.25, 0.3) is 0 Å². The Morgan fingerprint density at radius 3 is 1.95 bits per heavy atom. The van der Waals surface area contributed by atoms with Gasteiger partial charge >= 0.3 is 11.9 Å². The van der Waals surface area contributed by atoms with Gasteiger partial charge in [-0.3, -0.25) is 14.4 Å². The van der Waals surface area contributed by atoms with Gasteiger partial charge < -0.3 is 15.5 Å². The lowest BCUT2D eigenvalue weighted by atomic mass is 9.93. The van der Waals surface area contributed by atoms with Gasteiger partial charge in [0.25, 0.3) is 0 Å². The summed E-state index contributed by atoms with van der Waals surface area (Å²) in [4.78, 5) is 34.6. The van der Waals surface area contributed by atoms with E-state index < -0.39 is 28.7 Å². The normalized spacial score (nSPS) is 22.4. The maximum atomic E-state index is 12.2. The second-order valence-corrected chi connectivity index (χ2v) is 6.01. The van der Waals surface area contributed by atoms with Crippen LogP contribution in [-0.2, 0) is 14.4 Å². The van der Waals surface area contributed by atoms with Crippen molar-refractivity contribution in [3.8, 4) is 0 Å². The number of carboxylic acids is 2. The quantitative estimate of drug-likeness (QED) is 0.735. The number of amides is 1. The van der Waals surface area contributed by atoms with Gasteiger partial charge in [-0.05, 0) is 31.5 Å². The summed E-state index contributed by atoms with van der Waals surface area (Å²) in [6, 6.07) is 4.33. The van der Waals surface area contributed by atoms with Gasteiger partial charge in [-0.1, -0.05) is 23.2 Å². The van der Waals surface area contributed by atoms with Gasteiger partial charge in [0.1, 0.15) is 0 Å². The zero-order valence-electron chi connectivity index (χ0n) is 10.8. The van der Waals surface area contributed by atoms with Gasteiger partial charge in [0.05, 0.1) is 5.41 Å². The van der Waals surface area contributed by atoms with E-state index in [2.05, 4.69) is 5.32 Å². The second-order valence-electron chi connectivity index (χ2n) is 5.14. The average molecular weight is 332 g/mol. The minimum absolute atomic E-state index is 0.273. The number of carbonyl (C=O) groups is 3. The maximum Gasteiger partial charge on any atom is 0.322 e. The van der Waals surface area contributed by atoms with Crippen LogP contribution in [0.2, 0.25) is 10.0 Å². The summed E-state index contributed by atoms with van der Waals surface area (Å²) in [7, 11) is 0. The number of rotatable bonds is 4. The predicted molar refractivity (Wildman–Crippen MR) is 75.5 cm³/mol. The molecule has 1 aromatic carbocycles. The number of hydrogen-bond acceptors (Lipinski definition) is 3. The summed E-state index contributed by atoms with van der Waals surface area (Å²) in [6.45, 7) is 1.30. The van der Waals surface area contributed by atoms with E-state index in [1.165, 1.54) is 25.1 Å². The van der Waals surface area contributed by atoms with Gasteiger partial charge in [0, 0.05) is 15.7 Å². The maximum absolute atomic E-state index is 12.2. The molecule has 1 aliphatic carbocycles. The van der Waals surface area contributed by atoms with Crippen molar-refractivity contribution in [2.24, 2.45) is 10.8 Å². The molecule has 3 N–H and O–H groups in total. The third-order valence-corrected chi connectivity index (χ3v) is 4.22. The minimum Gasteiger partial charge on any atom is -0.480 e. The molecule has 0 bridgehead atoms. The summed E-state index contributed by atoms with van der Waals surface area (Å²) in [5, 5.41) is 21.3. The Kier molecular flexibility index (Phi) is 3.63. The fourth-order valence-corrected chi connectivity index (χ4v) is 2.90. The Balaban J connectivity index is 2.26. The number of carbonyl (C=O) groups excluding carboxylic acids is 1. The largest absolute Gasteiger partial charge is 0.480 e.